The summed E-state index contributed by atoms with van der Waals surface area (Å²) in [6.07, 6.45) is 4.05. The molecule has 3 heterocycles. The molecule has 8 heteroatoms. The van der Waals surface area contributed by atoms with Crippen LogP contribution in [0.25, 0.3) is 11.4 Å². The van der Waals surface area contributed by atoms with E-state index < -0.39 is 0 Å². The molecular formula is C22H28Cl2N4O2. The first-order valence-electron chi connectivity index (χ1n) is 10.6. The standard InChI is InChI=1S/C22H28Cl2N4O2/c1-22(2)8-3-9-28(14-22)21(29)15-6-10-27(11-7-15)13-19-25-20(26-30-19)17-5-4-16(23)12-18(17)24/h4-5,12,15H,3,6-11,13-14H2,1-2H3. The number of piperidine rings is 2. The Labute approximate surface area is 187 Å². The highest BCUT2D eigenvalue weighted by Crippen LogP contribution is 2.31. The van der Waals surface area contributed by atoms with E-state index in [1.54, 1.807) is 18.2 Å². The topological polar surface area (TPSA) is 62.5 Å². The molecule has 162 valence electrons. The monoisotopic (exact) mass is 450 g/mol. The lowest BCUT2D eigenvalue weighted by molar-refractivity contribution is -0.140. The number of amides is 1. The van der Waals surface area contributed by atoms with E-state index in [1.165, 1.54) is 6.42 Å². The lowest BCUT2D eigenvalue weighted by Crippen LogP contribution is -2.48. The van der Waals surface area contributed by atoms with Gasteiger partial charge in [0.05, 0.1) is 11.6 Å². The maximum Gasteiger partial charge on any atom is 0.241 e. The summed E-state index contributed by atoms with van der Waals surface area (Å²) >= 11 is 12.2. The molecule has 0 atom stereocenters. The third-order valence-electron chi connectivity index (χ3n) is 6.15. The number of rotatable bonds is 4. The second kappa shape index (κ2) is 8.85. The normalized spacial score (nSPS) is 20.5. The zero-order chi connectivity index (χ0) is 21.3. The minimum absolute atomic E-state index is 0.126. The highest BCUT2D eigenvalue weighted by molar-refractivity contribution is 6.36. The molecule has 0 radical (unpaired) electrons. The van der Waals surface area contributed by atoms with Crippen molar-refractivity contribution in [1.82, 2.24) is 19.9 Å². The number of hydrogen-bond acceptors (Lipinski definition) is 5. The summed E-state index contributed by atoms with van der Waals surface area (Å²) in [4.78, 5) is 21.8. The van der Waals surface area contributed by atoms with Crippen molar-refractivity contribution in [2.24, 2.45) is 11.3 Å². The molecular weight excluding hydrogens is 423 g/mol. The fourth-order valence-corrected chi connectivity index (χ4v) is 4.99. The average molecular weight is 451 g/mol. The zero-order valence-corrected chi connectivity index (χ0v) is 19.0. The summed E-state index contributed by atoms with van der Waals surface area (Å²) in [5, 5.41) is 5.12. The van der Waals surface area contributed by atoms with Crippen LogP contribution in [0.15, 0.2) is 22.7 Å². The molecule has 1 amide bonds. The van der Waals surface area contributed by atoms with Gasteiger partial charge in [0.2, 0.25) is 17.6 Å². The largest absolute Gasteiger partial charge is 0.342 e. The summed E-state index contributed by atoms with van der Waals surface area (Å²) in [6.45, 7) is 8.58. The zero-order valence-electron chi connectivity index (χ0n) is 17.5. The van der Waals surface area contributed by atoms with Gasteiger partial charge in [0.1, 0.15) is 0 Å². The molecule has 0 saturated carbocycles. The quantitative estimate of drug-likeness (QED) is 0.662. The van der Waals surface area contributed by atoms with Gasteiger partial charge in [-0.15, -0.1) is 0 Å². The first-order chi connectivity index (χ1) is 14.3. The number of aromatic nitrogens is 2. The molecule has 6 nitrogen and oxygen atoms in total. The van der Waals surface area contributed by atoms with Crippen LogP contribution in [0.1, 0.15) is 45.4 Å². The molecule has 0 aliphatic carbocycles. The number of carbonyl (C=O) groups is 1. The van der Waals surface area contributed by atoms with Gasteiger partial charge in [-0.3, -0.25) is 9.69 Å². The predicted molar refractivity (Wildman–Crippen MR) is 117 cm³/mol. The van der Waals surface area contributed by atoms with Gasteiger partial charge in [-0.1, -0.05) is 42.2 Å². The summed E-state index contributed by atoms with van der Waals surface area (Å²) < 4.78 is 5.43. The van der Waals surface area contributed by atoms with Crippen LogP contribution in [0.5, 0.6) is 0 Å². The molecule has 2 aliphatic rings. The van der Waals surface area contributed by atoms with E-state index in [4.69, 9.17) is 27.7 Å². The van der Waals surface area contributed by atoms with Gasteiger partial charge in [-0.05, 0) is 62.4 Å². The van der Waals surface area contributed by atoms with E-state index in [9.17, 15) is 4.79 Å². The van der Waals surface area contributed by atoms with Crippen LogP contribution in [-0.2, 0) is 11.3 Å². The van der Waals surface area contributed by atoms with Crippen molar-refractivity contribution in [3.8, 4) is 11.4 Å². The second-order valence-corrected chi connectivity index (χ2v) is 10.1. The molecule has 0 bridgehead atoms. The molecule has 30 heavy (non-hydrogen) atoms. The number of carbonyl (C=O) groups excluding carboxylic acids is 1. The number of benzene rings is 1. The Hall–Kier alpha value is -1.63. The van der Waals surface area contributed by atoms with Gasteiger partial charge < -0.3 is 9.42 Å². The highest BCUT2D eigenvalue weighted by atomic mass is 35.5. The van der Waals surface area contributed by atoms with Crippen LogP contribution in [-0.4, -0.2) is 52.0 Å². The Morgan fingerprint density at radius 2 is 2.00 bits per heavy atom. The summed E-state index contributed by atoms with van der Waals surface area (Å²) in [7, 11) is 0. The van der Waals surface area contributed by atoms with Crippen molar-refractivity contribution in [1.29, 1.82) is 0 Å². The number of likely N-dealkylation sites (tertiary alicyclic amines) is 2. The Morgan fingerprint density at radius 3 is 2.70 bits per heavy atom. The van der Waals surface area contributed by atoms with Crippen LogP contribution in [0.2, 0.25) is 10.0 Å². The van der Waals surface area contributed by atoms with Gasteiger partial charge in [0.25, 0.3) is 0 Å². The van der Waals surface area contributed by atoms with Crippen molar-refractivity contribution in [2.45, 2.75) is 46.1 Å². The summed E-state index contributed by atoms with van der Waals surface area (Å²) in [5.74, 6) is 1.48. The smallest absolute Gasteiger partial charge is 0.241 e. The van der Waals surface area contributed by atoms with Crippen LogP contribution >= 0.6 is 23.2 Å². The minimum Gasteiger partial charge on any atom is -0.342 e. The summed E-state index contributed by atoms with van der Waals surface area (Å²) in [5.41, 5.74) is 0.932. The van der Waals surface area contributed by atoms with Gasteiger partial charge in [-0.2, -0.15) is 4.98 Å². The predicted octanol–water partition coefficient (Wildman–Crippen LogP) is 4.90. The van der Waals surface area contributed by atoms with Crippen molar-refractivity contribution >= 4 is 29.1 Å². The first kappa shape index (κ1) is 21.6. The Balaban J connectivity index is 1.31. The molecule has 0 spiro atoms. The fourth-order valence-electron chi connectivity index (χ4n) is 4.50. The molecule has 0 N–H and O–H groups in total. The lowest BCUT2D eigenvalue weighted by Gasteiger charge is -2.41. The van der Waals surface area contributed by atoms with Gasteiger partial charge in [-0.25, -0.2) is 0 Å². The van der Waals surface area contributed by atoms with Crippen molar-refractivity contribution < 1.29 is 9.32 Å². The lowest BCUT2D eigenvalue weighted by atomic mass is 9.83. The molecule has 1 aromatic carbocycles. The molecule has 2 aliphatic heterocycles. The van der Waals surface area contributed by atoms with Crippen LogP contribution in [0.3, 0.4) is 0 Å². The van der Waals surface area contributed by atoms with Gasteiger partial charge in [0, 0.05) is 29.6 Å². The van der Waals surface area contributed by atoms with Crippen molar-refractivity contribution in [3.63, 3.8) is 0 Å². The SMILES string of the molecule is CC1(C)CCCN(C(=O)C2CCN(Cc3nc(-c4ccc(Cl)cc4Cl)no3)CC2)C1. The Kier molecular flexibility index (Phi) is 6.37. The van der Waals surface area contributed by atoms with Crippen LogP contribution in [0, 0.1) is 11.3 Å². The fraction of sp³-hybridized carbons (Fsp3) is 0.591. The number of halogens is 2. The second-order valence-electron chi connectivity index (χ2n) is 9.21. The average Bonchev–Trinajstić information content (AvgIpc) is 3.15. The number of nitrogens with zero attached hydrogens (tertiary/aromatic N) is 4. The summed E-state index contributed by atoms with van der Waals surface area (Å²) in [6, 6.07) is 5.21. The van der Waals surface area contributed by atoms with Crippen molar-refractivity contribution in [3.05, 3.63) is 34.1 Å². The van der Waals surface area contributed by atoms with Gasteiger partial charge in [0.15, 0.2) is 0 Å². The highest BCUT2D eigenvalue weighted by Gasteiger charge is 2.34. The number of hydrogen-bond donors (Lipinski definition) is 0. The maximum atomic E-state index is 13.0. The molecule has 2 fully saturated rings. The molecule has 1 aromatic heterocycles. The third kappa shape index (κ3) is 4.98. The maximum absolute atomic E-state index is 13.0. The molecule has 2 aromatic rings. The third-order valence-corrected chi connectivity index (χ3v) is 6.70. The van der Waals surface area contributed by atoms with E-state index in [0.29, 0.717) is 39.8 Å². The molecule has 2 saturated heterocycles. The van der Waals surface area contributed by atoms with E-state index in [0.717, 1.165) is 45.4 Å². The van der Waals surface area contributed by atoms with Crippen molar-refractivity contribution in [2.75, 3.05) is 26.2 Å². The van der Waals surface area contributed by atoms with E-state index >= 15 is 0 Å². The van der Waals surface area contributed by atoms with Crippen LogP contribution in [0.4, 0.5) is 0 Å². The Bertz CT molecular complexity index is 906. The molecule has 4 rings (SSSR count). The van der Waals surface area contributed by atoms with E-state index in [2.05, 4.69) is 33.8 Å². The van der Waals surface area contributed by atoms with E-state index in [-0.39, 0.29) is 11.3 Å². The molecule has 0 unspecified atom stereocenters. The first-order valence-corrected chi connectivity index (χ1v) is 11.4. The Morgan fingerprint density at radius 1 is 1.23 bits per heavy atom. The minimum atomic E-state index is 0.126. The van der Waals surface area contributed by atoms with Crippen LogP contribution < -0.4 is 0 Å². The van der Waals surface area contributed by atoms with E-state index in [1.807, 2.05) is 0 Å². The van der Waals surface area contributed by atoms with Gasteiger partial charge >= 0.3 is 0 Å².